The number of fused-ring (bicyclic) bond motifs is 1. The predicted octanol–water partition coefficient (Wildman–Crippen LogP) is 2.58. The Labute approximate surface area is 79.2 Å². The lowest BCUT2D eigenvalue weighted by Gasteiger charge is -2.04. The number of anilines is 1. The van der Waals surface area contributed by atoms with E-state index in [1.807, 2.05) is 6.92 Å². The van der Waals surface area contributed by atoms with Crippen LogP contribution < -0.4 is 5.73 Å². The van der Waals surface area contributed by atoms with Gasteiger partial charge in [-0.15, -0.1) is 11.3 Å². The van der Waals surface area contributed by atoms with Crippen molar-refractivity contribution >= 4 is 27.2 Å². The number of nitrogens with two attached hydrogens (primary N) is 1. The molecule has 1 aromatic carbocycles. The van der Waals surface area contributed by atoms with E-state index < -0.39 is 0 Å². The summed E-state index contributed by atoms with van der Waals surface area (Å²) in [7, 11) is 0. The van der Waals surface area contributed by atoms with Gasteiger partial charge in [0.25, 0.3) is 0 Å². The Kier molecular flexibility index (Phi) is 1.92. The van der Waals surface area contributed by atoms with E-state index >= 15 is 0 Å². The van der Waals surface area contributed by atoms with E-state index in [4.69, 9.17) is 5.73 Å². The van der Waals surface area contributed by atoms with Crippen molar-refractivity contribution in [3.05, 3.63) is 23.0 Å². The van der Waals surface area contributed by atoms with Gasteiger partial charge in [-0.25, -0.2) is 9.37 Å². The first kappa shape index (κ1) is 8.44. The van der Waals surface area contributed by atoms with Crippen molar-refractivity contribution < 1.29 is 4.39 Å². The van der Waals surface area contributed by atoms with Gasteiger partial charge in [-0.05, 0) is 12.5 Å². The Morgan fingerprint density at radius 3 is 3.08 bits per heavy atom. The van der Waals surface area contributed by atoms with E-state index in [-0.39, 0.29) is 11.5 Å². The summed E-state index contributed by atoms with van der Waals surface area (Å²) in [6, 6.07) is 1.45. The molecule has 0 unspecified atom stereocenters. The first-order valence-electron chi connectivity index (χ1n) is 4.04. The third kappa shape index (κ3) is 1.18. The fourth-order valence-electron chi connectivity index (χ4n) is 1.41. The molecule has 0 radical (unpaired) electrons. The number of thiazole rings is 1. The summed E-state index contributed by atoms with van der Waals surface area (Å²) in [5.41, 5.74) is 9.21. The molecule has 1 heterocycles. The minimum Gasteiger partial charge on any atom is -0.396 e. The third-order valence-electron chi connectivity index (χ3n) is 2.07. The number of nitrogen functional groups attached to an aromatic ring is 1. The number of aromatic nitrogens is 1. The number of rotatable bonds is 1. The van der Waals surface area contributed by atoms with Gasteiger partial charge >= 0.3 is 0 Å². The van der Waals surface area contributed by atoms with Crippen molar-refractivity contribution in [2.24, 2.45) is 0 Å². The number of hydrogen-bond acceptors (Lipinski definition) is 3. The second-order valence-electron chi connectivity index (χ2n) is 2.80. The van der Waals surface area contributed by atoms with Crippen molar-refractivity contribution in [2.75, 3.05) is 5.73 Å². The molecular weight excluding hydrogens is 187 g/mol. The molecule has 13 heavy (non-hydrogen) atoms. The SMILES string of the molecule is CCc1c(N)c(F)cc2scnc12. The largest absolute Gasteiger partial charge is 0.396 e. The first-order chi connectivity index (χ1) is 6.24. The highest BCUT2D eigenvalue weighted by Crippen LogP contribution is 2.28. The molecule has 0 aliphatic heterocycles. The fourth-order valence-corrected chi connectivity index (χ4v) is 2.14. The van der Waals surface area contributed by atoms with E-state index in [1.54, 1.807) is 5.51 Å². The van der Waals surface area contributed by atoms with Crippen LogP contribution in [0.15, 0.2) is 11.6 Å². The second-order valence-corrected chi connectivity index (χ2v) is 3.69. The number of aryl methyl sites for hydroxylation is 1. The predicted molar refractivity (Wildman–Crippen MR) is 53.4 cm³/mol. The molecule has 0 bridgehead atoms. The average Bonchev–Trinajstić information content (AvgIpc) is 2.54. The van der Waals surface area contributed by atoms with Crippen molar-refractivity contribution in [1.29, 1.82) is 0 Å². The summed E-state index contributed by atoms with van der Waals surface area (Å²) >= 11 is 1.43. The van der Waals surface area contributed by atoms with Crippen LogP contribution in [-0.2, 0) is 6.42 Å². The number of benzene rings is 1. The van der Waals surface area contributed by atoms with Gasteiger partial charge in [0.15, 0.2) is 0 Å². The quantitative estimate of drug-likeness (QED) is 0.712. The van der Waals surface area contributed by atoms with Crippen molar-refractivity contribution in [2.45, 2.75) is 13.3 Å². The lowest BCUT2D eigenvalue weighted by molar-refractivity contribution is 0.633. The van der Waals surface area contributed by atoms with Gasteiger partial charge in [0.05, 0.1) is 21.4 Å². The van der Waals surface area contributed by atoms with Gasteiger partial charge in [-0.2, -0.15) is 0 Å². The minimum atomic E-state index is -0.339. The van der Waals surface area contributed by atoms with E-state index in [0.29, 0.717) is 6.42 Å². The van der Waals surface area contributed by atoms with Crippen molar-refractivity contribution in [1.82, 2.24) is 4.98 Å². The zero-order valence-electron chi connectivity index (χ0n) is 7.17. The molecule has 4 heteroatoms. The zero-order chi connectivity index (χ0) is 9.42. The van der Waals surface area contributed by atoms with E-state index in [9.17, 15) is 4.39 Å². The highest BCUT2D eigenvalue weighted by atomic mass is 32.1. The van der Waals surface area contributed by atoms with E-state index in [1.165, 1.54) is 17.4 Å². The smallest absolute Gasteiger partial charge is 0.147 e. The van der Waals surface area contributed by atoms with Gasteiger partial charge in [0, 0.05) is 5.56 Å². The van der Waals surface area contributed by atoms with Crippen LogP contribution in [0.4, 0.5) is 10.1 Å². The molecule has 1 aromatic heterocycles. The van der Waals surface area contributed by atoms with Gasteiger partial charge in [0.1, 0.15) is 5.82 Å². The Balaban J connectivity index is 2.87. The topological polar surface area (TPSA) is 38.9 Å². The summed E-state index contributed by atoms with van der Waals surface area (Å²) < 4.78 is 14.1. The molecule has 0 saturated heterocycles. The number of halogens is 1. The highest BCUT2D eigenvalue weighted by Gasteiger charge is 2.10. The van der Waals surface area contributed by atoms with Crippen LogP contribution in [0.2, 0.25) is 0 Å². The molecule has 0 fully saturated rings. The summed E-state index contributed by atoms with van der Waals surface area (Å²) in [5, 5.41) is 0. The van der Waals surface area contributed by atoms with Crippen LogP contribution in [-0.4, -0.2) is 4.98 Å². The molecule has 2 aromatic rings. The molecule has 0 saturated carbocycles. The van der Waals surface area contributed by atoms with Gasteiger partial charge in [-0.1, -0.05) is 6.92 Å². The summed E-state index contributed by atoms with van der Waals surface area (Å²) in [6.45, 7) is 1.95. The molecule has 0 amide bonds. The fraction of sp³-hybridized carbons (Fsp3) is 0.222. The standard InChI is InChI=1S/C9H9FN2S/c1-2-5-8(11)6(10)3-7-9(5)12-4-13-7/h3-4H,2,11H2,1H3. The van der Waals surface area contributed by atoms with E-state index in [2.05, 4.69) is 4.98 Å². The van der Waals surface area contributed by atoms with Crippen LogP contribution in [0.3, 0.4) is 0 Å². The maximum Gasteiger partial charge on any atom is 0.147 e. The van der Waals surface area contributed by atoms with Crippen molar-refractivity contribution in [3.63, 3.8) is 0 Å². The monoisotopic (exact) mass is 196 g/mol. The Hall–Kier alpha value is -1.16. The maximum absolute atomic E-state index is 13.2. The molecule has 2 N–H and O–H groups in total. The number of hydrogen-bond donors (Lipinski definition) is 1. The Bertz CT molecular complexity index is 450. The van der Waals surface area contributed by atoms with Gasteiger partial charge in [0.2, 0.25) is 0 Å². The Morgan fingerprint density at radius 2 is 2.38 bits per heavy atom. The second kappa shape index (κ2) is 2.96. The van der Waals surface area contributed by atoms with Crippen LogP contribution in [0.1, 0.15) is 12.5 Å². The summed E-state index contributed by atoms with van der Waals surface area (Å²) in [4.78, 5) is 4.16. The number of nitrogens with zero attached hydrogens (tertiary/aromatic N) is 1. The minimum absolute atomic E-state index is 0.237. The zero-order valence-corrected chi connectivity index (χ0v) is 7.99. The summed E-state index contributed by atoms with van der Waals surface area (Å²) in [5.74, 6) is -0.339. The van der Waals surface area contributed by atoms with Crippen LogP contribution in [0, 0.1) is 5.82 Å². The first-order valence-corrected chi connectivity index (χ1v) is 4.92. The molecule has 2 nitrogen and oxygen atoms in total. The molecule has 0 spiro atoms. The molecule has 0 aliphatic rings. The summed E-state index contributed by atoms with van der Waals surface area (Å²) in [6.07, 6.45) is 0.712. The molecule has 2 rings (SSSR count). The highest BCUT2D eigenvalue weighted by molar-refractivity contribution is 7.16. The molecular formula is C9H9FN2S. The van der Waals surface area contributed by atoms with Gasteiger partial charge in [-0.3, -0.25) is 0 Å². The Morgan fingerprint density at radius 1 is 1.62 bits per heavy atom. The van der Waals surface area contributed by atoms with E-state index in [0.717, 1.165) is 15.8 Å². The van der Waals surface area contributed by atoms with Crippen molar-refractivity contribution in [3.8, 4) is 0 Å². The molecule has 0 aliphatic carbocycles. The van der Waals surface area contributed by atoms with Crippen LogP contribution >= 0.6 is 11.3 Å². The lowest BCUT2D eigenvalue weighted by atomic mass is 10.1. The van der Waals surface area contributed by atoms with Gasteiger partial charge < -0.3 is 5.73 Å². The average molecular weight is 196 g/mol. The normalized spacial score (nSPS) is 10.9. The third-order valence-corrected chi connectivity index (χ3v) is 2.85. The maximum atomic E-state index is 13.2. The lowest BCUT2D eigenvalue weighted by Crippen LogP contribution is -1.97. The molecule has 68 valence electrons. The van der Waals surface area contributed by atoms with Crippen LogP contribution in [0.25, 0.3) is 10.2 Å². The van der Waals surface area contributed by atoms with Crippen LogP contribution in [0.5, 0.6) is 0 Å². The molecule has 0 atom stereocenters.